The summed E-state index contributed by atoms with van der Waals surface area (Å²) in [7, 11) is -2.23. The lowest BCUT2D eigenvalue weighted by Crippen LogP contribution is -2.48. The van der Waals surface area contributed by atoms with Crippen molar-refractivity contribution in [2.75, 3.05) is 19.8 Å². The Kier molecular flexibility index (Phi) is 15.8. The summed E-state index contributed by atoms with van der Waals surface area (Å²) in [5.41, 5.74) is 4.45. The van der Waals surface area contributed by atoms with Crippen molar-refractivity contribution in [3.05, 3.63) is 168 Å². The van der Waals surface area contributed by atoms with Gasteiger partial charge in [-0.05, 0) is 43.4 Å². The highest BCUT2D eigenvalue weighted by molar-refractivity contribution is 6.28. The Morgan fingerprint density at radius 1 is 0.604 bits per heavy atom. The highest BCUT2D eigenvalue weighted by Crippen LogP contribution is 2.42. The second kappa shape index (κ2) is 20.6. The standard InChI is InChI=1S/C22H21BO3.2C8H9N2O/c24-23(25)26-18-10-17-22(19-11-4-1-5-12-19,20-13-6-2-7-14-20)21-15-8-3-9-16-21;2*1-2-11-10-5-3-8(7-9)4-6-10/h1-9,11-16H,10,17-18H2;2*3-6H,2H2,1H3/q-2;2*+1. The highest BCUT2D eigenvalue weighted by Gasteiger charge is 2.35. The van der Waals surface area contributed by atoms with Crippen LogP contribution in [0.15, 0.2) is 140 Å². The van der Waals surface area contributed by atoms with E-state index in [-0.39, 0.29) is 12.0 Å². The summed E-state index contributed by atoms with van der Waals surface area (Å²) in [5.74, 6) is 0. The van der Waals surface area contributed by atoms with Crippen molar-refractivity contribution in [1.29, 1.82) is 10.5 Å². The molecule has 2 heterocycles. The molecule has 5 aromatic rings. The van der Waals surface area contributed by atoms with E-state index >= 15 is 0 Å². The van der Waals surface area contributed by atoms with Crippen molar-refractivity contribution in [2.24, 2.45) is 0 Å². The Hall–Kier alpha value is -5.52. The minimum atomic E-state index is -2.23. The Balaban J connectivity index is 0.000000233. The Bertz CT molecular complexity index is 1520. The molecule has 0 bridgehead atoms. The summed E-state index contributed by atoms with van der Waals surface area (Å²) in [6.45, 7) is 5.22. The fraction of sp³-hybridized carbons (Fsp3) is 0.211. The van der Waals surface area contributed by atoms with Crippen molar-refractivity contribution in [1.82, 2.24) is 0 Å². The largest absolute Gasteiger partial charge is 0.871 e. The fourth-order valence-corrected chi connectivity index (χ4v) is 5.06. The van der Waals surface area contributed by atoms with Gasteiger partial charge >= 0.3 is 0 Å². The van der Waals surface area contributed by atoms with Gasteiger partial charge in [-0.3, -0.25) is 9.68 Å². The molecule has 3 aromatic carbocycles. The van der Waals surface area contributed by atoms with E-state index in [4.69, 9.17) is 24.9 Å². The molecule has 9 nitrogen and oxygen atoms in total. The lowest BCUT2D eigenvalue weighted by molar-refractivity contribution is -0.891. The number of hydrogen-bond acceptors (Lipinski definition) is 7. The Morgan fingerprint density at radius 2 is 0.958 bits per heavy atom. The summed E-state index contributed by atoms with van der Waals surface area (Å²) in [6, 6.07) is 41.9. The van der Waals surface area contributed by atoms with E-state index in [1.807, 2.05) is 80.6 Å². The zero-order valence-corrected chi connectivity index (χ0v) is 27.2. The van der Waals surface area contributed by atoms with Gasteiger partial charge in [-0.1, -0.05) is 91.0 Å². The minimum absolute atomic E-state index is 0.159. The van der Waals surface area contributed by atoms with E-state index in [0.717, 1.165) is 6.42 Å². The molecule has 0 aliphatic carbocycles. The Labute approximate surface area is 283 Å². The SMILES string of the molecule is CCO[n+]1ccc(C#N)cc1.CCO[n+]1ccc(C#N)cc1.[O-]B([O-])OCCCC(c1ccccc1)(c1ccccc1)c1ccccc1. The van der Waals surface area contributed by atoms with Crippen molar-refractivity contribution in [3.63, 3.8) is 0 Å². The summed E-state index contributed by atoms with van der Waals surface area (Å²) >= 11 is 0. The van der Waals surface area contributed by atoms with Crippen molar-refractivity contribution >= 4 is 7.32 Å². The van der Waals surface area contributed by atoms with Gasteiger partial charge in [0.2, 0.25) is 24.8 Å². The first-order valence-electron chi connectivity index (χ1n) is 15.7. The van der Waals surface area contributed by atoms with Gasteiger partial charge in [-0.2, -0.15) is 10.5 Å². The van der Waals surface area contributed by atoms with Gasteiger partial charge in [0.05, 0.1) is 30.6 Å². The predicted molar refractivity (Wildman–Crippen MR) is 177 cm³/mol. The Morgan fingerprint density at radius 3 is 1.25 bits per heavy atom. The van der Waals surface area contributed by atoms with Crippen molar-refractivity contribution in [3.8, 4) is 12.1 Å². The van der Waals surface area contributed by atoms with Gasteiger partial charge in [0, 0.05) is 45.7 Å². The molecule has 2 aromatic heterocycles. The first kappa shape index (κ1) is 36.9. The van der Waals surface area contributed by atoms with E-state index < -0.39 is 7.32 Å². The van der Waals surface area contributed by atoms with Crippen LogP contribution in [0, 0.1) is 22.7 Å². The maximum atomic E-state index is 10.7. The van der Waals surface area contributed by atoms with E-state index in [1.54, 1.807) is 58.5 Å². The first-order chi connectivity index (χ1) is 23.5. The average molecular weight is 643 g/mol. The molecule has 0 saturated heterocycles. The number of hydrogen-bond donors (Lipinski definition) is 0. The van der Waals surface area contributed by atoms with Crippen LogP contribution in [0.5, 0.6) is 0 Å². The second-order valence-electron chi connectivity index (χ2n) is 10.2. The number of aromatic nitrogens is 2. The monoisotopic (exact) mass is 642 g/mol. The zero-order chi connectivity index (χ0) is 34.5. The maximum absolute atomic E-state index is 10.7. The van der Waals surface area contributed by atoms with Crippen LogP contribution in [0.2, 0.25) is 0 Å². The lowest BCUT2D eigenvalue weighted by Gasteiger charge is -2.37. The molecule has 0 N–H and O–H groups in total. The molecule has 0 atom stereocenters. The molecule has 244 valence electrons. The van der Waals surface area contributed by atoms with Crippen LogP contribution >= 0.6 is 0 Å². The van der Waals surface area contributed by atoms with E-state index in [9.17, 15) is 10.0 Å². The number of benzene rings is 3. The summed E-state index contributed by atoms with van der Waals surface area (Å²) < 4.78 is 7.87. The lowest BCUT2D eigenvalue weighted by atomic mass is 9.67. The van der Waals surface area contributed by atoms with E-state index in [1.165, 1.54) is 16.7 Å². The molecule has 0 aliphatic rings. The molecule has 48 heavy (non-hydrogen) atoms. The summed E-state index contributed by atoms with van der Waals surface area (Å²) in [5, 5.41) is 38.3. The van der Waals surface area contributed by atoms with Crippen molar-refractivity contribution < 1.29 is 33.8 Å². The van der Waals surface area contributed by atoms with Gasteiger partial charge in [0.15, 0.2) is 13.2 Å². The molecule has 5 rings (SSSR count). The van der Waals surface area contributed by atoms with Crippen LogP contribution in [0.3, 0.4) is 0 Å². The van der Waals surface area contributed by atoms with Gasteiger partial charge in [-0.25, -0.2) is 0 Å². The van der Waals surface area contributed by atoms with E-state index in [2.05, 4.69) is 36.4 Å². The number of nitrogens with zero attached hydrogens (tertiary/aromatic N) is 4. The van der Waals surface area contributed by atoms with E-state index in [0.29, 0.717) is 30.8 Å². The van der Waals surface area contributed by atoms with Crippen LogP contribution in [0.4, 0.5) is 0 Å². The smallest absolute Gasteiger partial charge is 0.223 e. The molecule has 0 radical (unpaired) electrons. The van der Waals surface area contributed by atoms with Gasteiger partial charge < -0.3 is 14.7 Å². The minimum Gasteiger partial charge on any atom is -0.871 e. The molecular formula is C38H39BN4O5. The zero-order valence-electron chi connectivity index (χ0n) is 27.2. The third-order valence-electron chi connectivity index (χ3n) is 7.17. The van der Waals surface area contributed by atoms with Gasteiger partial charge in [0.25, 0.3) is 0 Å². The topological polar surface area (TPSA) is 129 Å². The molecule has 0 saturated carbocycles. The molecule has 0 amide bonds. The molecule has 10 heteroatoms. The van der Waals surface area contributed by atoms with Crippen LogP contribution in [-0.4, -0.2) is 27.1 Å². The normalized spacial score (nSPS) is 10.1. The number of nitriles is 2. The van der Waals surface area contributed by atoms with Crippen LogP contribution in [-0.2, 0) is 10.1 Å². The highest BCUT2D eigenvalue weighted by atomic mass is 16.7. The second-order valence-corrected chi connectivity index (χ2v) is 10.2. The summed E-state index contributed by atoms with van der Waals surface area (Å²) in [6.07, 6.45) is 8.19. The molecule has 0 aliphatic heterocycles. The van der Waals surface area contributed by atoms with Crippen LogP contribution < -0.4 is 29.2 Å². The molecule has 0 unspecified atom stereocenters. The van der Waals surface area contributed by atoms with Crippen LogP contribution in [0.1, 0.15) is 54.5 Å². The quantitative estimate of drug-likeness (QED) is 0.0886. The van der Waals surface area contributed by atoms with Crippen LogP contribution in [0.25, 0.3) is 0 Å². The number of rotatable bonds is 12. The third-order valence-corrected chi connectivity index (χ3v) is 7.17. The van der Waals surface area contributed by atoms with Gasteiger partial charge in [-0.15, -0.1) is 0 Å². The number of pyridine rings is 2. The first-order valence-corrected chi connectivity index (χ1v) is 15.7. The molecule has 0 fully saturated rings. The third kappa shape index (κ3) is 11.4. The van der Waals surface area contributed by atoms with Gasteiger partial charge in [0.1, 0.15) is 0 Å². The molecule has 0 spiro atoms. The summed E-state index contributed by atoms with van der Waals surface area (Å²) in [4.78, 5) is 10.2. The molecular weight excluding hydrogens is 603 g/mol. The fourth-order valence-electron chi connectivity index (χ4n) is 5.06. The van der Waals surface area contributed by atoms with Crippen molar-refractivity contribution in [2.45, 2.75) is 32.1 Å². The maximum Gasteiger partial charge on any atom is 0.223 e. The predicted octanol–water partition coefficient (Wildman–Crippen LogP) is 3.11. The average Bonchev–Trinajstić information content (AvgIpc) is 3.14.